The summed E-state index contributed by atoms with van der Waals surface area (Å²) < 4.78 is 0. The fourth-order valence-electron chi connectivity index (χ4n) is 1.87. The Hall–Kier alpha value is -0.770. The lowest BCUT2D eigenvalue weighted by atomic mass is 9.86. The Labute approximate surface area is 78.2 Å². The lowest BCUT2D eigenvalue weighted by Crippen LogP contribution is -2.38. The monoisotopic (exact) mass is 187 g/mol. The molecule has 1 saturated carbocycles. The van der Waals surface area contributed by atoms with Crippen molar-refractivity contribution in [2.24, 2.45) is 5.92 Å². The fraction of sp³-hybridized carbons (Fsp3) is 0.889. The van der Waals surface area contributed by atoms with Gasteiger partial charge in [-0.1, -0.05) is 0 Å². The molecule has 0 aliphatic heterocycles. The number of rotatable bonds is 2. The Kier molecular flexibility index (Phi) is 3.54. The Morgan fingerprint density at radius 1 is 1.38 bits per heavy atom. The molecule has 0 heterocycles. The van der Waals surface area contributed by atoms with E-state index >= 15 is 0 Å². The average molecular weight is 187 g/mol. The lowest BCUT2D eigenvalue weighted by Gasteiger charge is -2.32. The number of nitrogens with zero attached hydrogens (tertiary/aromatic N) is 1. The summed E-state index contributed by atoms with van der Waals surface area (Å²) in [5.74, 6) is 0.387. The van der Waals surface area contributed by atoms with E-state index in [0.29, 0.717) is 5.92 Å². The summed E-state index contributed by atoms with van der Waals surface area (Å²) in [6.07, 6.45) is 2.80. The minimum Gasteiger partial charge on any atom is -0.465 e. The highest BCUT2D eigenvalue weighted by Gasteiger charge is 2.25. The minimum atomic E-state index is -0.854. The summed E-state index contributed by atoms with van der Waals surface area (Å²) >= 11 is 0. The van der Waals surface area contributed by atoms with Crippen LogP contribution in [0.5, 0.6) is 0 Å². The van der Waals surface area contributed by atoms with Gasteiger partial charge in [0.1, 0.15) is 0 Å². The van der Waals surface area contributed by atoms with Crippen molar-refractivity contribution in [3.8, 4) is 0 Å². The van der Waals surface area contributed by atoms with E-state index in [0.717, 1.165) is 25.7 Å². The van der Waals surface area contributed by atoms with Crippen molar-refractivity contribution in [3.05, 3.63) is 0 Å². The molecule has 0 aromatic heterocycles. The lowest BCUT2D eigenvalue weighted by molar-refractivity contribution is 0.107. The second-order valence-electron chi connectivity index (χ2n) is 3.75. The molecule has 0 aromatic carbocycles. The van der Waals surface area contributed by atoms with E-state index in [1.165, 1.54) is 4.90 Å². The normalized spacial score (nSPS) is 28.5. The van der Waals surface area contributed by atoms with Gasteiger partial charge in [-0.05, 0) is 31.6 Å². The fourth-order valence-corrected chi connectivity index (χ4v) is 1.87. The van der Waals surface area contributed by atoms with Crippen molar-refractivity contribution in [1.82, 2.24) is 4.90 Å². The zero-order valence-corrected chi connectivity index (χ0v) is 7.94. The first kappa shape index (κ1) is 10.3. The van der Waals surface area contributed by atoms with Gasteiger partial charge in [-0.15, -0.1) is 0 Å². The molecule has 76 valence electrons. The van der Waals surface area contributed by atoms with Crippen molar-refractivity contribution in [2.75, 3.05) is 13.7 Å². The smallest absolute Gasteiger partial charge is 0.407 e. The molecule has 1 aliphatic carbocycles. The number of amides is 1. The van der Waals surface area contributed by atoms with Crippen LogP contribution in [0.1, 0.15) is 25.7 Å². The van der Waals surface area contributed by atoms with Gasteiger partial charge in [-0.25, -0.2) is 4.79 Å². The molecule has 1 aliphatic rings. The predicted octanol–water partition coefficient (Wildman–Crippen LogP) is 1.15. The summed E-state index contributed by atoms with van der Waals surface area (Å²) in [7, 11) is 1.62. The van der Waals surface area contributed by atoms with E-state index in [9.17, 15) is 4.79 Å². The zero-order valence-electron chi connectivity index (χ0n) is 7.94. The van der Waals surface area contributed by atoms with Crippen LogP contribution in [0.15, 0.2) is 0 Å². The van der Waals surface area contributed by atoms with Crippen molar-refractivity contribution in [1.29, 1.82) is 0 Å². The van der Waals surface area contributed by atoms with Gasteiger partial charge in [0.15, 0.2) is 0 Å². The highest BCUT2D eigenvalue weighted by atomic mass is 16.4. The van der Waals surface area contributed by atoms with Gasteiger partial charge in [0.2, 0.25) is 0 Å². The maximum atomic E-state index is 10.6. The molecule has 0 aromatic rings. The molecule has 0 spiro atoms. The summed E-state index contributed by atoms with van der Waals surface area (Å²) in [6.45, 7) is 0.240. The maximum Gasteiger partial charge on any atom is 0.407 e. The van der Waals surface area contributed by atoms with E-state index in [1.54, 1.807) is 7.05 Å². The molecule has 0 saturated heterocycles. The Bertz CT molecular complexity index is 176. The standard InChI is InChI=1S/C9H17NO3/c1-10(9(12)13)8-4-2-7(6-11)3-5-8/h7-8,11H,2-6H2,1H3,(H,12,13)/t7-,8-. The van der Waals surface area contributed by atoms with Crippen LogP contribution in [-0.4, -0.2) is 40.9 Å². The van der Waals surface area contributed by atoms with Crippen molar-refractivity contribution in [2.45, 2.75) is 31.7 Å². The molecule has 1 fully saturated rings. The van der Waals surface area contributed by atoms with Gasteiger partial charge in [0.25, 0.3) is 0 Å². The van der Waals surface area contributed by atoms with Gasteiger partial charge in [-0.2, -0.15) is 0 Å². The topological polar surface area (TPSA) is 60.8 Å². The van der Waals surface area contributed by atoms with Crippen LogP contribution in [0.25, 0.3) is 0 Å². The molecule has 2 N–H and O–H groups in total. The molecule has 0 unspecified atom stereocenters. The van der Waals surface area contributed by atoms with Gasteiger partial charge in [0.05, 0.1) is 0 Å². The molecule has 4 nitrogen and oxygen atoms in total. The Morgan fingerprint density at radius 2 is 1.92 bits per heavy atom. The van der Waals surface area contributed by atoms with E-state index in [-0.39, 0.29) is 12.6 Å². The zero-order chi connectivity index (χ0) is 9.84. The molecule has 0 atom stereocenters. The van der Waals surface area contributed by atoms with Crippen LogP contribution in [0.3, 0.4) is 0 Å². The highest BCUT2D eigenvalue weighted by molar-refractivity contribution is 5.64. The molecule has 0 bridgehead atoms. The summed E-state index contributed by atoms with van der Waals surface area (Å²) in [4.78, 5) is 12.0. The first-order chi connectivity index (χ1) is 6.15. The Morgan fingerprint density at radius 3 is 2.31 bits per heavy atom. The van der Waals surface area contributed by atoms with Crippen LogP contribution in [0.2, 0.25) is 0 Å². The Balaban J connectivity index is 2.36. The van der Waals surface area contributed by atoms with Crippen LogP contribution < -0.4 is 0 Å². The third kappa shape index (κ3) is 2.59. The van der Waals surface area contributed by atoms with Crippen molar-refractivity contribution in [3.63, 3.8) is 0 Å². The van der Waals surface area contributed by atoms with Gasteiger partial charge in [-0.3, -0.25) is 0 Å². The molecular weight excluding hydrogens is 170 g/mol. The predicted molar refractivity (Wildman–Crippen MR) is 48.6 cm³/mol. The second kappa shape index (κ2) is 4.46. The molecule has 0 radical (unpaired) electrons. The van der Waals surface area contributed by atoms with Crippen LogP contribution in [-0.2, 0) is 0 Å². The van der Waals surface area contributed by atoms with Crippen molar-refractivity contribution >= 4 is 6.09 Å². The number of carbonyl (C=O) groups is 1. The third-order valence-corrected chi connectivity index (χ3v) is 2.92. The van der Waals surface area contributed by atoms with Gasteiger partial charge in [0, 0.05) is 19.7 Å². The molecule has 1 rings (SSSR count). The maximum absolute atomic E-state index is 10.6. The van der Waals surface area contributed by atoms with E-state index in [2.05, 4.69) is 0 Å². The second-order valence-corrected chi connectivity index (χ2v) is 3.75. The largest absolute Gasteiger partial charge is 0.465 e. The van der Waals surface area contributed by atoms with Gasteiger partial charge < -0.3 is 15.1 Å². The summed E-state index contributed by atoms with van der Waals surface area (Å²) in [5, 5.41) is 17.6. The molecule has 1 amide bonds. The molecule has 13 heavy (non-hydrogen) atoms. The number of carboxylic acid groups (broad SMARTS) is 1. The number of hydrogen-bond donors (Lipinski definition) is 2. The first-order valence-corrected chi connectivity index (χ1v) is 4.71. The van der Waals surface area contributed by atoms with E-state index in [1.807, 2.05) is 0 Å². The number of hydrogen-bond acceptors (Lipinski definition) is 2. The number of aliphatic hydroxyl groups excluding tert-OH is 1. The first-order valence-electron chi connectivity index (χ1n) is 4.71. The van der Waals surface area contributed by atoms with Crippen LogP contribution in [0, 0.1) is 5.92 Å². The summed E-state index contributed by atoms with van der Waals surface area (Å²) in [5.41, 5.74) is 0. The average Bonchev–Trinajstić information content (AvgIpc) is 2.17. The third-order valence-electron chi connectivity index (χ3n) is 2.92. The van der Waals surface area contributed by atoms with Crippen LogP contribution in [0.4, 0.5) is 4.79 Å². The van der Waals surface area contributed by atoms with Crippen LogP contribution >= 0.6 is 0 Å². The molecular formula is C9H17NO3. The van der Waals surface area contributed by atoms with Crippen molar-refractivity contribution < 1.29 is 15.0 Å². The minimum absolute atomic E-state index is 0.153. The van der Waals surface area contributed by atoms with E-state index in [4.69, 9.17) is 10.2 Å². The number of aliphatic hydroxyl groups is 1. The molecule has 4 heteroatoms. The van der Waals surface area contributed by atoms with Gasteiger partial charge >= 0.3 is 6.09 Å². The highest BCUT2D eigenvalue weighted by Crippen LogP contribution is 2.26. The SMILES string of the molecule is CN(C(=O)O)[C@H]1CC[C@H](CO)CC1. The quantitative estimate of drug-likeness (QED) is 0.681. The summed E-state index contributed by atoms with van der Waals surface area (Å²) in [6, 6.07) is 0.153. The van der Waals surface area contributed by atoms with E-state index < -0.39 is 6.09 Å².